The first-order valence-corrected chi connectivity index (χ1v) is 5.40. The molecule has 0 aromatic carbocycles. The van der Waals surface area contributed by atoms with Crippen LogP contribution in [0.2, 0.25) is 0 Å². The molecule has 0 atom stereocenters. The van der Waals surface area contributed by atoms with E-state index in [1.54, 1.807) is 0 Å². The maximum Gasteiger partial charge on any atom is 0.407 e. The molecule has 5 heteroatoms. The van der Waals surface area contributed by atoms with Gasteiger partial charge >= 0.3 is 12.1 Å². The van der Waals surface area contributed by atoms with E-state index in [4.69, 9.17) is 9.84 Å². The van der Waals surface area contributed by atoms with Crippen molar-refractivity contribution in [3.63, 3.8) is 0 Å². The zero-order valence-electron chi connectivity index (χ0n) is 9.15. The molecule has 0 unspecified atom stereocenters. The third-order valence-electron chi connectivity index (χ3n) is 2.73. The number of carbonyl (C=O) groups excluding carboxylic acids is 1. The lowest BCUT2D eigenvalue weighted by Crippen LogP contribution is -2.39. The van der Waals surface area contributed by atoms with Crippen molar-refractivity contribution in [2.24, 2.45) is 5.92 Å². The van der Waals surface area contributed by atoms with Gasteiger partial charge in [0.05, 0.1) is 5.92 Å². The van der Waals surface area contributed by atoms with E-state index >= 15 is 0 Å². The standard InChI is InChI=1S/C11H17NO4/c1-2-7-16-11(15)12-9-5-3-8(4-6-9)10(13)14/h2,8-9H,1,3-7H2,(H,12,15)(H,13,14). The van der Waals surface area contributed by atoms with Crippen molar-refractivity contribution in [1.82, 2.24) is 5.32 Å². The maximum absolute atomic E-state index is 11.2. The quantitative estimate of drug-likeness (QED) is 0.714. The number of carboxylic acids is 1. The topological polar surface area (TPSA) is 75.6 Å². The van der Waals surface area contributed by atoms with Crippen LogP contribution in [0.15, 0.2) is 12.7 Å². The summed E-state index contributed by atoms with van der Waals surface area (Å²) in [6.07, 6.45) is 3.66. The summed E-state index contributed by atoms with van der Waals surface area (Å²) in [7, 11) is 0. The van der Waals surface area contributed by atoms with Crippen LogP contribution in [-0.2, 0) is 9.53 Å². The number of aliphatic carboxylic acids is 1. The summed E-state index contributed by atoms with van der Waals surface area (Å²) in [5, 5.41) is 11.5. The van der Waals surface area contributed by atoms with Crippen LogP contribution >= 0.6 is 0 Å². The Labute approximate surface area is 94.5 Å². The molecule has 1 rings (SSSR count). The fourth-order valence-electron chi connectivity index (χ4n) is 1.83. The third kappa shape index (κ3) is 3.92. The van der Waals surface area contributed by atoms with Gasteiger partial charge < -0.3 is 15.2 Å². The minimum absolute atomic E-state index is 0.0351. The number of ether oxygens (including phenoxy) is 1. The molecule has 5 nitrogen and oxygen atoms in total. The number of hydrogen-bond donors (Lipinski definition) is 2. The average Bonchev–Trinajstić information content (AvgIpc) is 2.27. The smallest absolute Gasteiger partial charge is 0.407 e. The van der Waals surface area contributed by atoms with Gasteiger partial charge in [0.2, 0.25) is 0 Å². The second-order valence-corrected chi connectivity index (χ2v) is 3.92. The van der Waals surface area contributed by atoms with Gasteiger partial charge in [-0.05, 0) is 25.7 Å². The van der Waals surface area contributed by atoms with E-state index in [-0.39, 0.29) is 18.6 Å². The Hall–Kier alpha value is -1.52. The van der Waals surface area contributed by atoms with Crippen molar-refractivity contribution in [2.45, 2.75) is 31.7 Å². The van der Waals surface area contributed by atoms with Gasteiger partial charge in [-0.3, -0.25) is 4.79 Å². The van der Waals surface area contributed by atoms with Gasteiger partial charge in [-0.1, -0.05) is 12.7 Å². The lowest BCUT2D eigenvalue weighted by atomic mass is 9.86. The number of hydrogen-bond acceptors (Lipinski definition) is 3. The van der Waals surface area contributed by atoms with Crippen LogP contribution < -0.4 is 5.32 Å². The predicted molar refractivity (Wildman–Crippen MR) is 58.1 cm³/mol. The normalized spacial score (nSPS) is 24.5. The lowest BCUT2D eigenvalue weighted by Gasteiger charge is -2.26. The minimum Gasteiger partial charge on any atom is -0.481 e. The summed E-state index contributed by atoms with van der Waals surface area (Å²) in [5.74, 6) is -1.00. The summed E-state index contributed by atoms with van der Waals surface area (Å²) in [6.45, 7) is 3.63. The van der Waals surface area contributed by atoms with Crippen LogP contribution in [0.25, 0.3) is 0 Å². The summed E-state index contributed by atoms with van der Waals surface area (Å²) in [6, 6.07) is 0.0351. The molecule has 0 aromatic rings. The number of amides is 1. The first kappa shape index (κ1) is 12.5. The first-order chi connectivity index (χ1) is 7.63. The molecule has 1 aliphatic carbocycles. The molecule has 1 fully saturated rings. The highest BCUT2D eigenvalue weighted by Gasteiger charge is 2.26. The lowest BCUT2D eigenvalue weighted by molar-refractivity contribution is -0.142. The van der Waals surface area contributed by atoms with E-state index in [0.717, 1.165) is 0 Å². The molecule has 16 heavy (non-hydrogen) atoms. The van der Waals surface area contributed by atoms with Crippen molar-refractivity contribution in [2.75, 3.05) is 6.61 Å². The van der Waals surface area contributed by atoms with Crippen molar-refractivity contribution in [3.8, 4) is 0 Å². The number of carbonyl (C=O) groups is 2. The average molecular weight is 227 g/mol. The van der Waals surface area contributed by atoms with Crippen LogP contribution in [0, 0.1) is 5.92 Å². The van der Waals surface area contributed by atoms with E-state index in [2.05, 4.69) is 11.9 Å². The van der Waals surface area contributed by atoms with E-state index in [0.29, 0.717) is 25.7 Å². The molecule has 0 heterocycles. The Kier molecular flexibility index (Phi) is 4.82. The molecular weight excluding hydrogens is 210 g/mol. The molecule has 1 aliphatic rings. The van der Waals surface area contributed by atoms with Crippen LogP contribution in [0.1, 0.15) is 25.7 Å². The molecule has 0 saturated heterocycles. The molecule has 1 saturated carbocycles. The second-order valence-electron chi connectivity index (χ2n) is 3.92. The third-order valence-corrected chi connectivity index (χ3v) is 2.73. The zero-order chi connectivity index (χ0) is 12.0. The van der Waals surface area contributed by atoms with Crippen molar-refractivity contribution in [3.05, 3.63) is 12.7 Å². The van der Waals surface area contributed by atoms with Gasteiger partial charge in [-0.2, -0.15) is 0 Å². The molecule has 2 N–H and O–H groups in total. The predicted octanol–water partition coefficient (Wildman–Crippen LogP) is 1.54. The number of rotatable bonds is 4. The minimum atomic E-state index is -0.743. The van der Waals surface area contributed by atoms with E-state index in [9.17, 15) is 9.59 Å². The zero-order valence-corrected chi connectivity index (χ0v) is 9.15. The largest absolute Gasteiger partial charge is 0.481 e. The monoisotopic (exact) mass is 227 g/mol. The Bertz CT molecular complexity index is 269. The van der Waals surface area contributed by atoms with Crippen LogP contribution in [0.5, 0.6) is 0 Å². The Morgan fingerprint density at radius 3 is 2.50 bits per heavy atom. The molecule has 0 bridgehead atoms. The van der Waals surface area contributed by atoms with Gasteiger partial charge in [-0.25, -0.2) is 4.79 Å². The fraction of sp³-hybridized carbons (Fsp3) is 0.636. The molecule has 0 aliphatic heterocycles. The Morgan fingerprint density at radius 2 is 2.00 bits per heavy atom. The number of nitrogens with one attached hydrogen (secondary N) is 1. The highest BCUT2D eigenvalue weighted by atomic mass is 16.5. The highest BCUT2D eigenvalue weighted by Crippen LogP contribution is 2.24. The molecule has 0 radical (unpaired) electrons. The van der Waals surface area contributed by atoms with Crippen molar-refractivity contribution >= 4 is 12.1 Å². The SMILES string of the molecule is C=CCOC(=O)NC1CCC(C(=O)O)CC1. The van der Waals surface area contributed by atoms with Crippen molar-refractivity contribution in [1.29, 1.82) is 0 Å². The van der Waals surface area contributed by atoms with Gasteiger partial charge in [0.25, 0.3) is 0 Å². The molecule has 0 spiro atoms. The second kappa shape index (κ2) is 6.15. The fourth-order valence-corrected chi connectivity index (χ4v) is 1.83. The molecule has 1 amide bonds. The number of alkyl carbamates (subject to hydrolysis) is 1. The molecular formula is C11H17NO4. The van der Waals surface area contributed by atoms with Gasteiger partial charge in [0.15, 0.2) is 0 Å². The Morgan fingerprint density at radius 1 is 1.38 bits per heavy atom. The van der Waals surface area contributed by atoms with Gasteiger partial charge in [0, 0.05) is 6.04 Å². The first-order valence-electron chi connectivity index (χ1n) is 5.40. The Balaban J connectivity index is 2.23. The van der Waals surface area contributed by atoms with Gasteiger partial charge in [0.1, 0.15) is 6.61 Å². The van der Waals surface area contributed by atoms with E-state index in [1.807, 2.05) is 0 Å². The van der Waals surface area contributed by atoms with E-state index < -0.39 is 12.1 Å². The van der Waals surface area contributed by atoms with Crippen molar-refractivity contribution < 1.29 is 19.4 Å². The van der Waals surface area contributed by atoms with Crippen LogP contribution in [0.4, 0.5) is 4.79 Å². The number of carboxylic acid groups (broad SMARTS) is 1. The maximum atomic E-state index is 11.2. The van der Waals surface area contributed by atoms with Crippen LogP contribution in [-0.4, -0.2) is 29.8 Å². The van der Waals surface area contributed by atoms with Gasteiger partial charge in [-0.15, -0.1) is 0 Å². The summed E-state index contributed by atoms with van der Waals surface area (Å²) < 4.78 is 4.78. The summed E-state index contributed by atoms with van der Waals surface area (Å²) >= 11 is 0. The van der Waals surface area contributed by atoms with Crippen LogP contribution in [0.3, 0.4) is 0 Å². The van der Waals surface area contributed by atoms with E-state index in [1.165, 1.54) is 6.08 Å². The molecule has 90 valence electrons. The highest BCUT2D eigenvalue weighted by molar-refractivity contribution is 5.70. The summed E-state index contributed by atoms with van der Waals surface area (Å²) in [5.41, 5.74) is 0. The molecule has 0 aromatic heterocycles. The summed E-state index contributed by atoms with van der Waals surface area (Å²) in [4.78, 5) is 21.9.